The molecular weight excluding hydrogens is 593 g/mol. The standard InChI is InChI=1S/C29H22ClF3N4O4S/c1-2-41-27(39)24(14-21-5-3-4-10-34-21)37-26(38)25(42-28(37)40)12-17-6-9-23-19(11-17)15-35-36(23)16-18-7-8-20(30)13-22(18)29(31,32)33/h3-13,15,24H,2,14,16H2,1H3/b25-12-. The van der Waals surface area contributed by atoms with Crippen LogP contribution in [0.4, 0.5) is 18.0 Å². The van der Waals surface area contributed by atoms with Crippen LogP contribution in [0.15, 0.2) is 71.9 Å². The van der Waals surface area contributed by atoms with Crippen molar-refractivity contribution in [3.63, 3.8) is 0 Å². The summed E-state index contributed by atoms with van der Waals surface area (Å²) in [6, 6.07) is 12.6. The number of esters is 1. The van der Waals surface area contributed by atoms with E-state index in [2.05, 4.69) is 10.1 Å². The Kier molecular flexibility index (Phi) is 8.37. The molecule has 0 saturated carbocycles. The molecule has 13 heteroatoms. The van der Waals surface area contributed by atoms with Gasteiger partial charge in [0, 0.05) is 28.7 Å². The normalized spacial score (nSPS) is 15.5. The fourth-order valence-electron chi connectivity index (χ4n) is 4.57. The highest BCUT2D eigenvalue weighted by atomic mass is 35.5. The molecule has 2 aromatic carbocycles. The molecule has 5 rings (SSSR count). The summed E-state index contributed by atoms with van der Waals surface area (Å²) in [7, 11) is 0. The molecule has 0 spiro atoms. The minimum Gasteiger partial charge on any atom is -0.464 e. The minimum atomic E-state index is -4.58. The Bertz CT molecular complexity index is 1710. The number of pyridine rings is 1. The number of carbonyl (C=O) groups excluding carboxylic acids is 3. The van der Waals surface area contributed by atoms with Gasteiger partial charge in [0.2, 0.25) is 0 Å². The van der Waals surface area contributed by atoms with Crippen molar-refractivity contribution >= 4 is 57.5 Å². The van der Waals surface area contributed by atoms with Crippen LogP contribution in [0.25, 0.3) is 17.0 Å². The Balaban J connectivity index is 1.40. The SMILES string of the molecule is CCOC(=O)C(Cc1ccccn1)N1C(=O)S/C(=C\c2ccc3c(cnn3Cc3ccc(Cl)cc3C(F)(F)F)c2)C1=O. The minimum absolute atomic E-state index is 0.000189. The van der Waals surface area contributed by atoms with Crippen LogP contribution in [0.5, 0.6) is 0 Å². The number of rotatable bonds is 8. The molecule has 0 aliphatic carbocycles. The largest absolute Gasteiger partial charge is 0.464 e. The summed E-state index contributed by atoms with van der Waals surface area (Å²) in [6.07, 6.45) is -0.00582. The number of hydrogen-bond donors (Lipinski definition) is 0. The molecule has 0 bridgehead atoms. The Morgan fingerprint density at radius 3 is 2.67 bits per heavy atom. The Morgan fingerprint density at radius 2 is 1.95 bits per heavy atom. The van der Waals surface area contributed by atoms with Gasteiger partial charge in [-0.1, -0.05) is 29.8 Å². The number of nitrogens with zero attached hydrogens (tertiary/aromatic N) is 4. The lowest BCUT2D eigenvalue weighted by atomic mass is 10.1. The number of imide groups is 1. The first-order valence-electron chi connectivity index (χ1n) is 12.7. The maximum atomic E-state index is 13.6. The number of hydrogen-bond acceptors (Lipinski definition) is 7. The van der Waals surface area contributed by atoms with Gasteiger partial charge < -0.3 is 4.74 Å². The van der Waals surface area contributed by atoms with Crippen LogP contribution in [0.1, 0.15) is 29.3 Å². The van der Waals surface area contributed by atoms with Crippen molar-refractivity contribution in [3.05, 3.63) is 99.3 Å². The lowest BCUT2D eigenvalue weighted by Gasteiger charge is -2.23. The van der Waals surface area contributed by atoms with E-state index in [-0.39, 0.29) is 35.1 Å². The molecule has 42 heavy (non-hydrogen) atoms. The summed E-state index contributed by atoms with van der Waals surface area (Å²) >= 11 is 6.50. The van der Waals surface area contributed by atoms with Crippen molar-refractivity contribution in [2.24, 2.45) is 0 Å². The summed E-state index contributed by atoms with van der Waals surface area (Å²) in [5.41, 5.74) is 0.821. The Labute approximate surface area is 247 Å². The van der Waals surface area contributed by atoms with E-state index in [4.69, 9.17) is 16.3 Å². The molecule has 0 radical (unpaired) electrons. The first-order valence-corrected chi connectivity index (χ1v) is 13.9. The first-order chi connectivity index (χ1) is 20.0. The second kappa shape index (κ2) is 12.0. The van der Waals surface area contributed by atoms with Gasteiger partial charge in [-0.3, -0.25) is 24.2 Å². The van der Waals surface area contributed by atoms with Gasteiger partial charge in [0.15, 0.2) is 0 Å². The van der Waals surface area contributed by atoms with Crippen LogP contribution in [0.2, 0.25) is 5.02 Å². The molecule has 216 valence electrons. The predicted octanol–water partition coefficient (Wildman–Crippen LogP) is 6.36. The number of halogens is 4. The number of alkyl halides is 3. The number of aromatic nitrogens is 3. The molecule has 1 saturated heterocycles. The van der Waals surface area contributed by atoms with Crippen LogP contribution >= 0.6 is 23.4 Å². The quantitative estimate of drug-likeness (QED) is 0.168. The van der Waals surface area contributed by atoms with Gasteiger partial charge in [0.1, 0.15) is 6.04 Å². The van der Waals surface area contributed by atoms with Gasteiger partial charge in [0.05, 0.1) is 35.3 Å². The van der Waals surface area contributed by atoms with E-state index in [9.17, 15) is 27.6 Å². The zero-order valence-electron chi connectivity index (χ0n) is 22.0. The van der Waals surface area contributed by atoms with E-state index < -0.39 is 34.9 Å². The third-order valence-corrected chi connectivity index (χ3v) is 7.60. The van der Waals surface area contributed by atoms with Crippen molar-refractivity contribution in [3.8, 4) is 0 Å². The summed E-state index contributed by atoms with van der Waals surface area (Å²) in [5.74, 6) is -1.35. The number of amides is 2. The summed E-state index contributed by atoms with van der Waals surface area (Å²) in [6.45, 7) is 1.57. The van der Waals surface area contributed by atoms with E-state index in [1.54, 1.807) is 49.5 Å². The summed E-state index contributed by atoms with van der Waals surface area (Å²) in [5, 5.41) is 4.24. The lowest BCUT2D eigenvalue weighted by Crippen LogP contribution is -2.46. The molecule has 1 fully saturated rings. The summed E-state index contributed by atoms with van der Waals surface area (Å²) < 4.78 is 47.3. The van der Waals surface area contributed by atoms with E-state index in [0.29, 0.717) is 33.9 Å². The average molecular weight is 615 g/mol. The Hall–Kier alpha value is -4.16. The van der Waals surface area contributed by atoms with Gasteiger partial charge in [-0.2, -0.15) is 18.3 Å². The van der Waals surface area contributed by atoms with E-state index in [1.165, 1.54) is 29.1 Å². The molecule has 1 aliphatic rings. The van der Waals surface area contributed by atoms with Crippen LogP contribution in [-0.4, -0.2) is 49.4 Å². The van der Waals surface area contributed by atoms with Gasteiger partial charge in [-0.15, -0.1) is 0 Å². The molecule has 4 aromatic rings. The number of fused-ring (bicyclic) bond motifs is 1. The first kappa shape index (κ1) is 29.3. The molecule has 2 aromatic heterocycles. The number of thioether (sulfide) groups is 1. The third-order valence-electron chi connectivity index (χ3n) is 6.48. The molecule has 3 heterocycles. The molecule has 0 N–H and O–H groups in total. The van der Waals surface area contributed by atoms with Gasteiger partial charge >= 0.3 is 12.1 Å². The van der Waals surface area contributed by atoms with Crippen molar-refractivity contribution in [2.75, 3.05) is 6.61 Å². The van der Waals surface area contributed by atoms with E-state index in [0.717, 1.165) is 11.0 Å². The zero-order chi connectivity index (χ0) is 30.0. The summed E-state index contributed by atoms with van der Waals surface area (Å²) in [4.78, 5) is 44.2. The lowest BCUT2D eigenvalue weighted by molar-refractivity contribution is -0.151. The smallest absolute Gasteiger partial charge is 0.416 e. The maximum absolute atomic E-state index is 13.6. The van der Waals surface area contributed by atoms with Crippen LogP contribution < -0.4 is 0 Å². The number of carbonyl (C=O) groups is 3. The molecule has 1 unspecified atom stereocenters. The molecule has 2 amide bonds. The molecule has 1 atom stereocenters. The van der Waals surface area contributed by atoms with Crippen molar-refractivity contribution < 1.29 is 32.3 Å². The van der Waals surface area contributed by atoms with E-state index in [1.807, 2.05) is 0 Å². The Morgan fingerprint density at radius 1 is 1.14 bits per heavy atom. The highest BCUT2D eigenvalue weighted by Gasteiger charge is 2.43. The third kappa shape index (κ3) is 6.19. The van der Waals surface area contributed by atoms with Crippen molar-refractivity contribution in [1.29, 1.82) is 0 Å². The van der Waals surface area contributed by atoms with Crippen molar-refractivity contribution in [2.45, 2.75) is 32.1 Å². The second-order valence-electron chi connectivity index (χ2n) is 9.26. The van der Waals surface area contributed by atoms with Crippen LogP contribution in [0, 0.1) is 0 Å². The average Bonchev–Trinajstić information content (AvgIpc) is 3.47. The molecule has 1 aliphatic heterocycles. The van der Waals surface area contributed by atoms with Crippen LogP contribution in [0.3, 0.4) is 0 Å². The predicted molar refractivity (Wildman–Crippen MR) is 151 cm³/mol. The topological polar surface area (TPSA) is 94.4 Å². The van der Waals surface area contributed by atoms with Crippen molar-refractivity contribution in [1.82, 2.24) is 19.7 Å². The number of benzene rings is 2. The van der Waals surface area contributed by atoms with Gasteiger partial charge in [-0.05, 0) is 72.3 Å². The highest BCUT2D eigenvalue weighted by molar-refractivity contribution is 8.18. The zero-order valence-corrected chi connectivity index (χ0v) is 23.5. The number of ether oxygens (including phenoxy) is 1. The van der Waals surface area contributed by atoms with Gasteiger partial charge in [-0.25, -0.2) is 4.79 Å². The monoisotopic (exact) mass is 614 g/mol. The molecular formula is C29H22ClF3N4O4S. The van der Waals surface area contributed by atoms with E-state index >= 15 is 0 Å². The van der Waals surface area contributed by atoms with Crippen LogP contribution in [-0.2, 0) is 33.5 Å². The fraction of sp³-hybridized carbons (Fsp3) is 0.207. The maximum Gasteiger partial charge on any atom is 0.416 e. The van der Waals surface area contributed by atoms with Gasteiger partial charge in [0.25, 0.3) is 11.1 Å². The second-order valence-corrected chi connectivity index (χ2v) is 10.7. The molecule has 8 nitrogen and oxygen atoms in total. The highest BCUT2D eigenvalue weighted by Crippen LogP contribution is 2.36. The fourth-order valence-corrected chi connectivity index (χ4v) is 5.62.